The smallest absolute Gasteiger partial charge is 0.335 e. The zero-order valence-corrected chi connectivity index (χ0v) is 22.5. The lowest BCUT2D eigenvalue weighted by Crippen LogP contribution is -2.54. The topological polar surface area (TPSA) is 84.9 Å². The van der Waals surface area contributed by atoms with Crippen molar-refractivity contribution in [2.75, 3.05) is 4.90 Å². The standard InChI is InChI=1S/C31H22Cl2N2O5/c32-27-15-8-22(17-28(27)33)19-40-24-11-6-20(7-12-24)16-26-29(36)34-31(38)35(30(26)37)23-9-13-25(14-10-23)39-18-21-4-2-1-3-5-21/h1-17H,18-19H2,(H,34,36,38)/b26-16+. The van der Waals surface area contributed by atoms with Gasteiger partial charge in [0, 0.05) is 0 Å². The van der Waals surface area contributed by atoms with Crippen molar-refractivity contribution in [3.8, 4) is 11.5 Å². The molecule has 1 saturated heterocycles. The molecule has 5 rings (SSSR count). The van der Waals surface area contributed by atoms with Crippen molar-refractivity contribution in [3.05, 3.63) is 129 Å². The van der Waals surface area contributed by atoms with Crippen LogP contribution in [0.15, 0.2) is 103 Å². The SMILES string of the molecule is O=C1NC(=O)N(c2ccc(OCc3ccccc3)cc2)C(=O)/C1=C/c1ccc(OCc2ccc(Cl)c(Cl)c2)cc1. The van der Waals surface area contributed by atoms with Crippen LogP contribution in [-0.2, 0) is 22.8 Å². The van der Waals surface area contributed by atoms with Crippen LogP contribution in [0.1, 0.15) is 16.7 Å². The number of hydrogen-bond donors (Lipinski definition) is 1. The van der Waals surface area contributed by atoms with Crippen LogP contribution in [0.5, 0.6) is 11.5 Å². The number of anilines is 1. The largest absolute Gasteiger partial charge is 0.489 e. The number of rotatable bonds is 8. The number of benzene rings is 4. The Kier molecular flexibility index (Phi) is 8.15. The van der Waals surface area contributed by atoms with Gasteiger partial charge in [-0.05, 0) is 71.3 Å². The van der Waals surface area contributed by atoms with E-state index in [1.165, 1.54) is 6.08 Å². The Morgan fingerprint density at radius 1 is 0.700 bits per heavy atom. The summed E-state index contributed by atoms with van der Waals surface area (Å²) >= 11 is 12.0. The van der Waals surface area contributed by atoms with Gasteiger partial charge in [0.25, 0.3) is 11.8 Å². The predicted octanol–water partition coefficient (Wildman–Crippen LogP) is 6.82. The van der Waals surface area contributed by atoms with E-state index in [4.69, 9.17) is 32.7 Å². The molecule has 0 aliphatic carbocycles. The summed E-state index contributed by atoms with van der Waals surface area (Å²) in [5, 5.41) is 3.14. The fourth-order valence-corrected chi connectivity index (χ4v) is 4.27. The van der Waals surface area contributed by atoms with E-state index in [0.29, 0.717) is 39.4 Å². The normalized spacial score (nSPS) is 14.3. The van der Waals surface area contributed by atoms with Gasteiger partial charge < -0.3 is 9.47 Å². The summed E-state index contributed by atoms with van der Waals surface area (Å²) in [4.78, 5) is 39.2. The molecule has 1 fully saturated rings. The maximum Gasteiger partial charge on any atom is 0.335 e. The first-order chi connectivity index (χ1) is 19.4. The predicted molar refractivity (Wildman–Crippen MR) is 153 cm³/mol. The maximum atomic E-state index is 13.2. The second kappa shape index (κ2) is 12.1. The van der Waals surface area contributed by atoms with Gasteiger partial charge in [0.15, 0.2) is 0 Å². The van der Waals surface area contributed by atoms with Gasteiger partial charge >= 0.3 is 6.03 Å². The van der Waals surface area contributed by atoms with Crippen molar-refractivity contribution < 1.29 is 23.9 Å². The highest BCUT2D eigenvalue weighted by molar-refractivity contribution is 6.42. The van der Waals surface area contributed by atoms with Crippen LogP contribution >= 0.6 is 23.2 Å². The molecule has 9 heteroatoms. The van der Waals surface area contributed by atoms with E-state index < -0.39 is 17.8 Å². The minimum atomic E-state index is -0.823. The van der Waals surface area contributed by atoms with Gasteiger partial charge in [-0.3, -0.25) is 14.9 Å². The average Bonchev–Trinajstić information content (AvgIpc) is 2.96. The molecule has 1 aliphatic rings. The van der Waals surface area contributed by atoms with Crippen LogP contribution < -0.4 is 19.7 Å². The van der Waals surface area contributed by atoms with Gasteiger partial charge in [-0.15, -0.1) is 0 Å². The summed E-state index contributed by atoms with van der Waals surface area (Å²) in [6.07, 6.45) is 1.43. The number of halogens is 2. The fraction of sp³-hybridized carbons (Fsp3) is 0.0645. The number of urea groups is 1. The Morgan fingerprint density at radius 2 is 1.32 bits per heavy atom. The van der Waals surface area contributed by atoms with E-state index in [9.17, 15) is 14.4 Å². The number of nitrogens with one attached hydrogen (secondary N) is 1. The Morgan fingerprint density at radius 3 is 1.98 bits per heavy atom. The summed E-state index contributed by atoms with van der Waals surface area (Å²) in [6.45, 7) is 0.662. The molecule has 0 radical (unpaired) electrons. The summed E-state index contributed by atoms with van der Waals surface area (Å²) in [6, 6.07) is 27.5. The number of nitrogens with zero attached hydrogens (tertiary/aromatic N) is 1. The van der Waals surface area contributed by atoms with Gasteiger partial charge in [0.1, 0.15) is 30.3 Å². The molecular formula is C31H22Cl2N2O5. The highest BCUT2D eigenvalue weighted by Gasteiger charge is 2.36. The van der Waals surface area contributed by atoms with E-state index in [1.807, 2.05) is 36.4 Å². The number of carbonyl (C=O) groups excluding carboxylic acids is 3. The van der Waals surface area contributed by atoms with Crippen molar-refractivity contribution in [1.82, 2.24) is 5.32 Å². The van der Waals surface area contributed by atoms with Gasteiger partial charge in [-0.1, -0.05) is 71.7 Å². The number of imide groups is 2. The molecule has 0 saturated carbocycles. The lowest BCUT2D eigenvalue weighted by molar-refractivity contribution is -0.122. The van der Waals surface area contributed by atoms with Gasteiger partial charge in [0.05, 0.1) is 15.7 Å². The first-order valence-corrected chi connectivity index (χ1v) is 13.0. The molecule has 0 spiro atoms. The molecule has 7 nitrogen and oxygen atoms in total. The number of hydrogen-bond acceptors (Lipinski definition) is 5. The van der Waals surface area contributed by atoms with Crippen LogP contribution in [0.4, 0.5) is 10.5 Å². The molecule has 1 aliphatic heterocycles. The number of ether oxygens (including phenoxy) is 2. The molecule has 4 aromatic carbocycles. The quantitative estimate of drug-likeness (QED) is 0.185. The first kappa shape index (κ1) is 27.0. The summed E-state index contributed by atoms with van der Waals surface area (Å²) < 4.78 is 11.6. The molecule has 4 amide bonds. The maximum absolute atomic E-state index is 13.2. The second-order valence-electron chi connectivity index (χ2n) is 8.83. The third-order valence-electron chi connectivity index (χ3n) is 6.03. The molecule has 40 heavy (non-hydrogen) atoms. The number of carbonyl (C=O) groups is 3. The Labute approximate surface area is 240 Å². The van der Waals surface area contributed by atoms with E-state index in [-0.39, 0.29) is 12.2 Å². The zero-order chi connectivity index (χ0) is 28.1. The van der Waals surface area contributed by atoms with E-state index in [0.717, 1.165) is 16.0 Å². The van der Waals surface area contributed by atoms with E-state index in [1.54, 1.807) is 60.7 Å². The monoisotopic (exact) mass is 572 g/mol. The molecule has 4 aromatic rings. The third kappa shape index (κ3) is 6.34. The summed E-state index contributed by atoms with van der Waals surface area (Å²) in [5.41, 5.74) is 2.58. The minimum Gasteiger partial charge on any atom is -0.489 e. The average molecular weight is 573 g/mol. The van der Waals surface area contributed by atoms with Crippen molar-refractivity contribution >= 4 is 52.8 Å². The Hall–Kier alpha value is -4.59. The van der Waals surface area contributed by atoms with Crippen molar-refractivity contribution in [2.45, 2.75) is 13.2 Å². The lowest BCUT2D eigenvalue weighted by Gasteiger charge is -2.26. The molecule has 0 unspecified atom stereocenters. The Bertz CT molecular complexity index is 1590. The van der Waals surface area contributed by atoms with Crippen molar-refractivity contribution in [2.24, 2.45) is 0 Å². The second-order valence-corrected chi connectivity index (χ2v) is 9.65. The molecule has 1 N–H and O–H groups in total. The zero-order valence-electron chi connectivity index (χ0n) is 21.0. The fourth-order valence-electron chi connectivity index (χ4n) is 3.95. The molecule has 0 bridgehead atoms. The van der Waals surface area contributed by atoms with Gasteiger partial charge in [-0.2, -0.15) is 0 Å². The molecule has 0 aromatic heterocycles. The summed E-state index contributed by atoms with van der Waals surface area (Å²) in [7, 11) is 0. The number of amides is 4. The molecular weight excluding hydrogens is 551 g/mol. The van der Waals surface area contributed by atoms with Crippen LogP contribution in [0.2, 0.25) is 10.0 Å². The van der Waals surface area contributed by atoms with Crippen LogP contribution in [0, 0.1) is 0 Å². The highest BCUT2D eigenvalue weighted by atomic mass is 35.5. The minimum absolute atomic E-state index is 0.173. The molecule has 0 atom stereocenters. The Balaban J connectivity index is 1.26. The van der Waals surface area contributed by atoms with Gasteiger partial charge in [0.2, 0.25) is 0 Å². The lowest BCUT2D eigenvalue weighted by atomic mass is 10.1. The summed E-state index contributed by atoms with van der Waals surface area (Å²) in [5.74, 6) is -0.342. The number of barbiturate groups is 1. The molecule has 1 heterocycles. The first-order valence-electron chi connectivity index (χ1n) is 12.2. The van der Waals surface area contributed by atoms with Crippen molar-refractivity contribution in [3.63, 3.8) is 0 Å². The van der Waals surface area contributed by atoms with Crippen LogP contribution in [-0.4, -0.2) is 17.8 Å². The van der Waals surface area contributed by atoms with Gasteiger partial charge in [-0.25, -0.2) is 9.69 Å². The molecule has 200 valence electrons. The highest BCUT2D eigenvalue weighted by Crippen LogP contribution is 2.26. The van der Waals surface area contributed by atoms with Crippen LogP contribution in [0.3, 0.4) is 0 Å². The van der Waals surface area contributed by atoms with E-state index in [2.05, 4.69) is 5.32 Å². The third-order valence-corrected chi connectivity index (χ3v) is 6.76. The van der Waals surface area contributed by atoms with E-state index >= 15 is 0 Å². The van der Waals surface area contributed by atoms with Crippen LogP contribution in [0.25, 0.3) is 6.08 Å². The van der Waals surface area contributed by atoms with Crippen molar-refractivity contribution in [1.29, 1.82) is 0 Å².